The van der Waals surface area contributed by atoms with E-state index in [-0.39, 0.29) is 5.48 Å². The summed E-state index contributed by atoms with van der Waals surface area (Å²) in [7, 11) is 0. The highest BCUT2D eigenvalue weighted by atomic mass is 127. The van der Waals surface area contributed by atoms with Crippen LogP contribution in [0.3, 0.4) is 0 Å². The molecule has 0 bridgehead atoms. The summed E-state index contributed by atoms with van der Waals surface area (Å²) in [6, 6.07) is 10.4. The van der Waals surface area contributed by atoms with Gasteiger partial charge in [-0.15, -0.1) is 0 Å². The van der Waals surface area contributed by atoms with Crippen LogP contribution >= 0.6 is 90.4 Å². The molecule has 0 aliphatic carbocycles. The SMILES string of the molecule is Fc1c(F)c(OCC(COc2c(F)c(F)c(I)c(F)c2F)(COc2c(F)c(F)c(I)c(F)c2F)COc2c(F)c(F)c(I)c(F)c2F)c(F)c(F)c1I.O.[O-][n+]1ccccc1.[O-][n+]1ccccc1. The molecule has 29 heteroatoms. The minimum absolute atomic E-state index is 0. The Morgan fingerprint density at radius 2 is 0.485 bits per heavy atom. The number of pyridine rings is 2. The van der Waals surface area contributed by atoms with Crippen molar-refractivity contribution in [3.05, 3.63) is 179 Å². The normalized spacial score (nSPS) is 10.9. The lowest BCUT2D eigenvalue weighted by molar-refractivity contribution is -0.605. The molecule has 9 nitrogen and oxygen atoms in total. The monoisotopic (exact) mass is 1440 g/mol. The zero-order valence-electron chi connectivity index (χ0n) is 32.5. The summed E-state index contributed by atoms with van der Waals surface area (Å²) in [5.41, 5.74) is -3.02. The highest BCUT2D eigenvalue weighted by Gasteiger charge is 2.41. The predicted octanol–water partition coefficient (Wildman–Crippen LogP) is 10.7. The van der Waals surface area contributed by atoms with Gasteiger partial charge in [0, 0.05) is 24.3 Å². The molecule has 368 valence electrons. The average Bonchev–Trinajstić information content (AvgIpc) is 3.32. The first-order valence-corrected chi connectivity index (χ1v) is 21.5. The molecular formula is C39H20F16I4N2O7. The van der Waals surface area contributed by atoms with Gasteiger partial charge in [-0.3, -0.25) is 0 Å². The quantitative estimate of drug-likeness (QED) is 0.0300. The Labute approximate surface area is 425 Å². The second-order valence-electron chi connectivity index (χ2n) is 12.7. The molecule has 0 unspecified atom stereocenters. The molecule has 6 aromatic rings. The molecule has 68 heavy (non-hydrogen) atoms. The van der Waals surface area contributed by atoms with Crippen molar-refractivity contribution in [1.82, 2.24) is 0 Å². The van der Waals surface area contributed by atoms with Crippen molar-refractivity contribution in [2.45, 2.75) is 0 Å². The van der Waals surface area contributed by atoms with Crippen LogP contribution in [0.2, 0.25) is 0 Å². The van der Waals surface area contributed by atoms with Gasteiger partial charge in [-0.05, 0) is 90.4 Å². The Hall–Kier alpha value is -4.26. The molecule has 0 fully saturated rings. The molecule has 0 spiro atoms. The van der Waals surface area contributed by atoms with E-state index in [1.165, 1.54) is 24.8 Å². The Morgan fingerprint density at radius 3 is 0.618 bits per heavy atom. The summed E-state index contributed by atoms with van der Waals surface area (Å²) >= 11 is 3.35. The minimum Gasteiger partial charge on any atom is -0.619 e. The molecule has 0 saturated carbocycles. The van der Waals surface area contributed by atoms with Crippen LogP contribution in [0.4, 0.5) is 70.2 Å². The maximum Gasteiger partial charge on any atom is 0.205 e. The van der Waals surface area contributed by atoms with Crippen LogP contribution in [-0.2, 0) is 0 Å². The zero-order chi connectivity index (χ0) is 50.2. The third-order valence-corrected chi connectivity index (χ3v) is 11.9. The molecule has 2 N–H and O–H groups in total. The Balaban J connectivity index is 0.000000693. The molecule has 6 rings (SSSR count). The maximum atomic E-state index is 14.8. The second-order valence-corrected chi connectivity index (χ2v) is 17.0. The Morgan fingerprint density at radius 1 is 0.324 bits per heavy atom. The van der Waals surface area contributed by atoms with Gasteiger partial charge < -0.3 is 34.8 Å². The van der Waals surface area contributed by atoms with Crippen molar-refractivity contribution >= 4 is 90.4 Å². The molecule has 0 saturated heterocycles. The van der Waals surface area contributed by atoms with Gasteiger partial charge in [0.25, 0.3) is 0 Å². The van der Waals surface area contributed by atoms with E-state index in [0.717, 1.165) is 99.8 Å². The number of halogens is 20. The van der Waals surface area contributed by atoms with E-state index in [1.54, 1.807) is 36.4 Å². The lowest BCUT2D eigenvalue weighted by Gasteiger charge is -2.33. The summed E-state index contributed by atoms with van der Waals surface area (Å²) in [4.78, 5) is 0. The molecule has 4 aromatic carbocycles. The van der Waals surface area contributed by atoms with Gasteiger partial charge >= 0.3 is 0 Å². The van der Waals surface area contributed by atoms with E-state index in [1.807, 2.05) is 0 Å². The average molecular weight is 1440 g/mol. The molecule has 0 amide bonds. The fraction of sp³-hybridized carbons (Fsp3) is 0.128. The van der Waals surface area contributed by atoms with Crippen molar-refractivity contribution in [2.24, 2.45) is 5.41 Å². The van der Waals surface area contributed by atoms with Gasteiger partial charge in [-0.2, -0.15) is 44.6 Å². The van der Waals surface area contributed by atoms with E-state index in [2.05, 4.69) is 0 Å². The summed E-state index contributed by atoms with van der Waals surface area (Å²) < 4.78 is 249. The van der Waals surface area contributed by atoms with Gasteiger partial charge in [0.05, 0.1) is 14.3 Å². The van der Waals surface area contributed by atoms with Gasteiger partial charge in [0.2, 0.25) is 46.5 Å². The number of rotatable bonds is 12. The summed E-state index contributed by atoms with van der Waals surface area (Å²) in [6.07, 6.45) is 5.78. The lowest BCUT2D eigenvalue weighted by Crippen LogP contribution is -2.46. The third-order valence-electron chi connectivity index (χ3n) is 8.15. The first kappa shape index (κ1) is 58.1. The van der Waals surface area contributed by atoms with Gasteiger partial charge in [0.15, 0.2) is 94.3 Å². The van der Waals surface area contributed by atoms with Crippen LogP contribution in [0.25, 0.3) is 0 Å². The minimum atomic E-state index is -3.02. The van der Waals surface area contributed by atoms with Crippen molar-refractivity contribution in [3.63, 3.8) is 0 Å². The summed E-state index contributed by atoms with van der Waals surface area (Å²) in [5, 5.41) is 20.4. The highest BCUT2D eigenvalue weighted by Crippen LogP contribution is 2.38. The largest absolute Gasteiger partial charge is 0.619 e. The first-order chi connectivity index (χ1) is 31.4. The predicted molar refractivity (Wildman–Crippen MR) is 235 cm³/mol. The van der Waals surface area contributed by atoms with E-state index >= 15 is 0 Å². The van der Waals surface area contributed by atoms with Crippen molar-refractivity contribution in [3.8, 4) is 23.0 Å². The molecule has 0 aliphatic heterocycles. The fourth-order valence-electron chi connectivity index (χ4n) is 4.76. The highest BCUT2D eigenvalue weighted by molar-refractivity contribution is 14.1. The third kappa shape index (κ3) is 13.1. The topological polar surface area (TPSA) is 122 Å². The second kappa shape index (κ2) is 25.0. The number of benzene rings is 4. The van der Waals surface area contributed by atoms with Crippen LogP contribution in [-0.4, -0.2) is 31.9 Å². The van der Waals surface area contributed by atoms with E-state index in [4.69, 9.17) is 18.9 Å². The van der Waals surface area contributed by atoms with E-state index in [9.17, 15) is 80.7 Å². The smallest absolute Gasteiger partial charge is 0.205 e. The van der Waals surface area contributed by atoms with Gasteiger partial charge in [-0.1, -0.05) is 12.1 Å². The van der Waals surface area contributed by atoms with Crippen LogP contribution < -0.4 is 28.4 Å². The number of ether oxygens (including phenoxy) is 4. The first-order valence-electron chi connectivity index (χ1n) is 17.2. The van der Waals surface area contributed by atoms with Gasteiger partial charge in [0.1, 0.15) is 31.8 Å². The number of hydrogen-bond acceptors (Lipinski definition) is 6. The Bertz CT molecular complexity index is 2320. The number of nitrogens with zero attached hydrogens (tertiary/aromatic N) is 2. The van der Waals surface area contributed by atoms with Gasteiger partial charge in [-0.25, -0.2) is 35.1 Å². The zero-order valence-corrected chi connectivity index (χ0v) is 41.1. The van der Waals surface area contributed by atoms with E-state index in [0.29, 0.717) is 0 Å². The fourth-order valence-corrected chi connectivity index (χ4v) is 6.66. The van der Waals surface area contributed by atoms with Crippen LogP contribution in [0.1, 0.15) is 0 Å². The molecule has 0 radical (unpaired) electrons. The van der Waals surface area contributed by atoms with Crippen molar-refractivity contribution in [2.75, 3.05) is 26.4 Å². The molecule has 0 aliphatic rings. The number of aromatic nitrogens is 2. The Kier molecular flexibility index (Phi) is 21.4. The maximum absolute atomic E-state index is 14.8. The van der Waals surface area contributed by atoms with Crippen LogP contribution in [0.5, 0.6) is 23.0 Å². The van der Waals surface area contributed by atoms with Crippen molar-refractivity contribution in [1.29, 1.82) is 0 Å². The van der Waals surface area contributed by atoms with Crippen molar-refractivity contribution < 1.29 is 104 Å². The van der Waals surface area contributed by atoms with Crippen LogP contribution in [0, 0.1) is 123 Å². The lowest BCUT2D eigenvalue weighted by atomic mass is 9.92. The summed E-state index contributed by atoms with van der Waals surface area (Å²) in [5.74, 6) is -42.7. The molecule has 0 atom stereocenters. The standard InChI is InChI=1S/C29H8F16I4O4.2C5H5NO.H2O/c30-5-13(38)25(14(39)6(31)21(5)46)50-1-29(2-51-26-15(40)7(32)22(47)8(33)16(26)41,3-52-27-17(42)9(34)23(48)10(35)18(27)43)4-53-28-19(44)11(36)24(49)12(37)20(28)45;2*7-6-4-2-1-3-5-6;/h1-4H2;2*1-5H;1H2. The molecular weight excluding hydrogens is 1420 g/mol. The summed E-state index contributed by atoms with van der Waals surface area (Å²) in [6.45, 7) is -7.07. The van der Waals surface area contributed by atoms with Crippen LogP contribution in [0.15, 0.2) is 61.2 Å². The van der Waals surface area contributed by atoms with E-state index < -0.39 is 162 Å². The molecule has 2 heterocycles. The molecule has 2 aromatic heterocycles. The number of hydrogen-bond donors (Lipinski definition) is 0.